The van der Waals surface area contributed by atoms with Crippen LogP contribution in [0.1, 0.15) is 26.2 Å². The molecule has 0 bridgehead atoms. The molecule has 1 aliphatic carbocycles. The third-order valence-corrected chi connectivity index (χ3v) is 5.82. The Morgan fingerprint density at radius 3 is 2.85 bits per heavy atom. The minimum absolute atomic E-state index is 0.136. The van der Waals surface area contributed by atoms with E-state index in [9.17, 15) is 12.8 Å². The van der Waals surface area contributed by atoms with Gasteiger partial charge in [-0.05, 0) is 37.4 Å². The zero-order valence-corrected chi connectivity index (χ0v) is 12.3. The van der Waals surface area contributed by atoms with Crippen molar-refractivity contribution < 1.29 is 12.8 Å². The number of halogens is 1. The van der Waals surface area contributed by atoms with Crippen LogP contribution in [-0.2, 0) is 10.0 Å². The lowest BCUT2D eigenvalue weighted by molar-refractivity contribution is 0.274. The molecule has 2 rings (SSSR count). The Hall–Kier alpha value is -1.05. The van der Waals surface area contributed by atoms with Crippen LogP contribution in [0, 0.1) is 11.7 Å². The van der Waals surface area contributed by atoms with Crippen LogP contribution >= 0.6 is 0 Å². The summed E-state index contributed by atoms with van der Waals surface area (Å²) in [6, 6.07) is 2.34. The summed E-state index contributed by atoms with van der Waals surface area (Å²) in [5.41, 5.74) is 5.72. The molecule has 0 spiro atoms. The lowest BCUT2D eigenvalue weighted by atomic mass is 10.0. The van der Waals surface area contributed by atoms with E-state index in [1.54, 1.807) is 6.92 Å². The van der Waals surface area contributed by atoms with Gasteiger partial charge in [-0.25, -0.2) is 17.8 Å². The molecule has 0 radical (unpaired) electrons. The van der Waals surface area contributed by atoms with E-state index in [1.165, 1.54) is 16.6 Å². The van der Waals surface area contributed by atoms with Gasteiger partial charge in [0.2, 0.25) is 5.03 Å². The van der Waals surface area contributed by atoms with E-state index in [0.717, 1.165) is 25.3 Å². The highest BCUT2D eigenvalue weighted by Crippen LogP contribution is 2.32. The molecular formula is C13H20FN3O2S. The van der Waals surface area contributed by atoms with Gasteiger partial charge in [-0.15, -0.1) is 0 Å². The molecule has 7 heteroatoms. The molecule has 0 aliphatic heterocycles. The number of rotatable bonds is 5. The van der Waals surface area contributed by atoms with E-state index in [-0.39, 0.29) is 12.0 Å². The molecule has 5 nitrogen and oxygen atoms in total. The van der Waals surface area contributed by atoms with E-state index < -0.39 is 20.9 Å². The highest BCUT2D eigenvalue weighted by atomic mass is 32.2. The molecule has 1 saturated carbocycles. The van der Waals surface area contributed by atoms with Gasteiger partial charge in [0.25, 0.3) is 10.0 Å². The maximum Gasteiger partial charge on any atom is 0.263 e. The number of nitrogens with two attached hydrogens (primary N) is 1. The molecule has 0 aromatic carbocycles. The number of pyridine rings is 1. The Morgan fingerprint density at radius 2 is 2.25 bits per heavy atom. The van der Waals surface area contributed by atoms with Crippen LogP contribution in [0.25, 0.3) is 0 Å². The molecule has 1 aliphatic rings. The monoisotopic (exact) mass is 301 g/mol. The average Bonchev–Trinajstić information content (AvgIpc) is 2.87. The molecule has 20 heavy (non-hydrogen) atoms. The lowest BCUT2D eigenvalue weighted by Gasteiger charge is -2.30. The van der Waals surface area contributed by atoms with Crippen molar-refractivity contribution in [1.82, 2.24) is 9.29 Å². The van der Waals surface area contributed by atoms with Gasteiger partial charge in [-0.3, -0.25) is 0 Å². The zero-order valence-electron chi connectivity index (χ0n) is 11.5. The van der Waals surface area contributed by atoms with Gasteiger partial charge in [0, 0.05) is 18.8 Å². The Kier molecular flexibility index (Phi) is 4.72. The number of hydrogen-bond donors (Lipinski definition) is 1. The van der Waals surface area contributed by atoms with Crippen LogP contribution in [0.3, 0.4) is 0 Å². The minimum Gasteiger partial charge on any atom is -0.330 e. The topological polar surface area (TPSA) is 76.3 Å². The van der Waals surface area contributed by atoms with Gasteiger partial charge < -0.3 is 5.73 Å². The van der Waals surface area contributed by atoms with Crippen LogP contribution in [0.4, 0.5) is 4.39 Å². The second kappa shape index (κ2) is 6.15. The molecule has 2 N–H and O–H groups in total. The Bertz CT molecular complexity index is 564. The van der Waals surface area contributed by atoms with E-state index >= 15 is 0 Å². The molecule has 1 aromatic rings. The van der Waals surface area contributed by atoms with Crippen molar-refractivity contribution in [3.05, 3.63) is 24.1 Å². The zero-order chi connectivity index (χ0) is 14.8. The number of nitrogens with zero attached hydrogens (tertiary/aromatic N) is 2. The van der Waals surface area contributed by atoms with Crippen LogP contribution < -0.4 is 5.73 Å². The van der Waals surface area contributed by atoms with E-state index in [4.69, 9.17) is 5.73 Å². The van der Waals surface area contributed by atoms with Crippen LogP contribution in [0.2, 0.25) is 0 Å². The molecule has 0 amide bonds. The smallest absolute Gasteiger partial charge is 0.263 e. The van der Waals surface area contributed by atoms with Gasteiger partial charge in [0.1, 0.15) is 0 Å². The maximum absolute atomic E-state index is 13.8. The molecule has 2 unspecified atom stereocenters. The fraction of sp³-hybridized carbons (Fsp3) is 0.615. The van der Waals surface area contributed by atoms with Crippen molar-refractivity contribution in [3.8, 4) is 0 Å². The summed E-state index contributed by atoms with van der Waals surface area (Å²) in [5, 5.41) is -0.496. The predicted octanol–water partition coefficient (Wildman–Crippen LogP) is 1.36. The average molecular weight is 301 g/mol. The first-order chi connectivity index (χ1) is 9.52. The number of sulfonamides is 1. The normalized spacial score (nSPS) is 23.4. The van der Waals surface area contributed by atoms with Crippen LogP contribution in [-0.4, -0.2) is 36.8 Å². The minimum atomic E-state index is -3.92. The van der Waals surface area contributed by atoms with Crippen molar-refractivity contribution in [1.29, 1.82) is 0 Å². The molecule has 0 saturated heterocycles. The SMILES string of the molecule is CCN(C1CCCC1CN)S(=O)(=O)c1ncccc1F. The third-order valence-electron chi connectivity index (χ3n) is 3.88. The first-order valence-electron chi connectivity index (χ1n) is 6.84. The van der Waals surface area contributed by atoms with Crippen molar-refractivity contribution >= 4 is 10.0 Å². The van der Waals surface area contributed by atoms with Crippen molar-refractivity contribution in [2.75, 3.05) is 13.1 Å². The molecule has 1 fully saturated rings. The van der Waals surface area contributed by atoms with Gasteiger partial charge in [0.05, 0.1) is 0 Å². The lowest BCUT2D eigenvalue weighted by Crippen LogP contribution is -2.44. The largest absolute Gasteiger partial charge is 0.330 e. The standard InChI is InChI=1S/C13H20FN3O2S/c1-2-17(12-7-3-5-10(12)9-15)20(18,19)13-11(14)6-4-8-16-13/h4,6,8,10,12H,2-3,5,7,9,15H2,1H3. The van der Waals surface area contributed by atoms with Gasteiger partial charge >= 0.3 is 0 Å². The fourth-order valence-corrected chi connectivity index (χ4v) is 4.63. The summed E-state index contributed by atoms with van der Waals surface area (Å²) in [6.45, 7) is 2.49. The second-order valence-electron chi connectivity index (χ2n) is 4.99. The molecular weight excluding hydrogens is 281 g/mol. The molecule has 1 aromatic heterocycles. The Morgan fingerprint density at radius 1 is 1.50 bits per heavy atom. The highest BCUT2D eigenvalue weighted by Gasteiger charge is 2.39. The fourth-order valence-electron chi connectivity index (χ4n) is 2.93. The van der Waals surface area contributed by atoms with Crippen LogP contribution in [0.5, 0.6) is 0 Å². The first kappa shape index (κ1) is 15.3. The summed E-state index contributed by atoms with van der Waals surface area (Å²) in [6.07, 6.45) is 3.92. The van der Waals surface area contributed by atoms with Gasteiger partial charge in [-0.1, -0.05) is 13.3 Å². The van der Waals surface area contributed by atoms with E-state index in [1.807, 2.05) is 0 Å². The number of hydrogen-bond acceptors (Lipinski definition) is 4. The van der Waals surface area contributed by atoms with Gasteiger partial charge in [0.15, 0.2) is 5.82 Å². The van der Waals surface area contributed by atoms with Crippen molar-refractivity contribution in [2.24, 2.45) is 11.7 Å². The van der Waals surface area contributed by atoms with Crippen LogP contribution in [0.15, 0.2) is 23.4 Å². The summed E-state index contributed by atoms with van der Waals surface area (Å²) < 4.78 is 40.3. The molecule has 112 valence electrons. The van der Waals surface area contributed by atoms with E-state index in [0.29, 0.717) is 13.1 Å². The van der Waals surface area contributed by atoms with Crippen molar-refractivity contribution in [2.45, 2.75) is 37.3 Å². The van der Waals surface area contributed by atoms with E-state index in [2.05, 4.69) is 4.98 Å². The quantitative estimate of drug-likeness (QED) is 0.891. The summed E-state index contributed by atoms with van der Waals surface area (Å²) in [7, 11) is -3.92. The molecule has 1 heterocycles. The first-order valence-corrected chi connectivity index (χ1v) is 8.28. The maximum atomic E-state index is 13.8. The summed E-state index contributed by atoms with van der Waals surface area (Å²) in [4.78, 5) is 3.71. The Labute approximate surface area is 119 Å². The highest BCUT2D eigenvalue weighted by molar-refractivity contribution is 7.89. The number of aromatic nitrogens is 1. The predicted molar refractivity (Wildman–Crippen MR) is 73.9 cm³/mol. The molecule has 2 atom stereocenters. The van der Waals surface area contributed by atoms with Crippen molar-refractivity contribution in [3.63, 3.8) is 0 Å². The Balaban J connectivity index is 2.38. The third kappa shape index (κ3) is 2.70. The summed E-state index contributed by atoms with van der Waals surface area (Å²) in [5.74, 6) is -0.676. The second-order valence-corrected chi connectivity index (χ2v) is 6.80. The van der Waals surface area contributed by atoms with Gasteiger partial charge in [-0.2, -0.15) is 4.31 Å². The summed E-state index contributed by atoms with van der Waals surface area (Å²) >= 11 is 0.